The number of hydrogen-bond donors (Lipinski definition) is 1. The molecule has 122 valence electrons. The van der Waals surface area contributed by atoms with Crippen LogP contribution in [0.25, 0.3) is 0 Å². The zero-order chi connectivity index (χ0) is 16.5. The molecule has 0 aliphatic rings. The number of rotatable bonds is 8. The molecule has 23 heavy (non-hydrogen) atoms. The van der Waals surface area contributed by atoms with E-state index in [0.29, 0.717) is 12.2 Å². The highest BCUT2D eigenvalue weighted by atomic mass is 16.1. The summed E-state index contributed by atoms with van der Waals surface area (Å²) in [5.41, 5.74) is 2.61. The maximum absolute atomic E-state index is 12.2. The van der Waals surface area contributed by atoms with E-state index in [0.717, 1.165) is 37.2 Å². The molecular formula is C19H25N3O. The fraction of sp³-hybridized carbons (Fsp3) is 0.368. The van der Waals surface area contributed by atoms with E-state index >= 15 is 0 Å². The molecule has 2 rings (SSSR count). The van der Waals surface area contributed by atoms with Crippen molar-refractivity contribution in [1.29, 1.82) is 0 Å². The Labute approximate surface area is 138 Å². The Morgan fingerprint density at radius 3 is 2.30 bits per heavy atom. The van der Waals surface area contributed by atoms with Gasteiger partial charge in [-0.3, -0.25) is 4.79 Å². The molecule has 0 fully saturated rings. The van der Waals surface area contributed by atoms with Crippen LogP contribution in [0, 0.1) is 0 Å². The molecule has 0 aliphatic carbocycles. The standard InChI is InChI=1S/C19H25N3O/c1-3-12-22(13-4-2)17-10-11-18(20-15-17)19(23)21-14-16-8-6-5-7-9-16/h5-11,15H,3-4,12-14H2,1-2H3,(H,21,23). The Morgan fingerprint density at radius 1 is 1.04 bits per heavy atom. The quantitative estimate of drug-likeness (QED) is 0.809. The number of amides is 1. The molecule has 0 radical (unpaired) electrons. The molecule has 2 aromatic rings. The minimum atomic E-state index is -0.141. The van der Waals surface area contributed by atoms with E-state index in [-0.39, 0.29) is 5.91 Å². The third-order valence-corrected chi connectivity index (χ3v) is 3.63. The molecule has 0 spiro atoms. The summed E-state index contributed by atoms with van der Waals surface area (Å²) in [6, 6.07) is 13.7. The number of anilines is 1. The third kappa shape index (κ3) is 5.09. The molecular weight excluding hydrogens is 286 g/mol. The molecule has 1 aromatic carbocycles. The Hall–Kier alpha value is -2.36. The van der Waals surface area contributed by atoms with Gasteiger partial charge in [-0.05, 0) is 30.5 Å². The van der Waals surface area contributed by atoms with Gasteiger partial charge in [0.15, 0.2) is 0 Å². The molecule has 1 N–H and O–H groups in total. The van der Waals surface area contributed by atoms with Gasteiger partial charge >= 0.3 is 0 Å². The van der Waals surface area contributed by atoms with Gasteiger partial charge in [0.05, 0.1) is 11.9 Å². The Balaban J connectivity index is 1.96. The van der Waals surface area contributed by atoms with E-state index in [4.69, 9.17) is 0 Å². The van der Waals surface area contributed by atoms with E-state index < -0.39 is 0 Å². The highest BCUT2D eigenvalue weighted by Crippen LogP contribution is 2.14. The van der Waals surface area contributed by atoms with Gasteiger partial charge in [0.1, 0.15) is 5.69 Å². The van der Waals surface area contributed by atoms with Gasteiger partial charge < -0.3 is 10.2 Å². The lowest BCUT2D eigenvalue weighted by molar-refractivity contribution is 0.0946. The van der Waals surface area contributed by atoms with Crippen LogP contribution in [0.2, 0.25) is 0 Å². The van der Waals surface area contributed by atoms with Crippen LogP contribution >= 0.6 is 0 Å². The summed E-state index contributed by atoms with van der Waals surface area (Å²) in [5, 5.41) is 2.90. The number of pyridine rings is 1. The van der Waals surface area contributed by atoms with Crippen molar-refractivity contribution in [3.63, 3.8) is 0 Å². The minimum absolute atomic E-state index is 0.141. The zero-order valence-electron chi connectivity index (χ0n) is 14.0. The molecule has 0 bridgehead atoms. The van der Waals surface area contributed by atoms with Crippen molar-refractivity contribution in [3.8, 4) is 0 Å². The highest BCUT2D eigenvalue weighted by molar-refractivity contribution is 5.92. The van der Waals surface area contributed by atoms with Gasteiger partial charge in [0.2, 0.25) is 0 Å². The van der Waals surface area contributed by atoms with Crippen molar-refractivity contribution >= 4 is 11.6 Å². The van der Waals surface area contributed by atoms with Crippen molar-refractivity contribution in [2.75, 3.05) is 18.0 Å². The van der Waals surface area contributed by atoms with E-state index in [1.165, 1.54) is 0 Å². The molecule has 0 saturated heterocycles. The molecule has 1 heterocycles. The fourth-order valence-electron chi connectivity index (χ4n) is 2.49. The van der Waals surface area contributed by atoms with Gasteiger partial charge in [-0.1, -0.05) is 44.2 Å². The van der Waals surface area contributed by atoms with Crippen LogP contribution in [0.3, 0.4) is 0 Å². The number of aromatic nitrogens is 1. The molecule has 0 saturated carbocycles. The lowest BCUT2D eigenvalue weighted by Crippen LogP contribution is -2.26. The number of nitrogens with one attached hydrogen (secondary N) is 1. The van der Waals surface area contributed by atoms with E-state index in [9.17, 15) is 4.79 Å². The summed E-state index contributed by atoms with van der Waals surface area (Å²) in [4.78, 5) is 18.8. The molecule has 1 amide bonds. The van der Waals surface area contributed by atoms with Crippen LogP contribution in [0.15, 0.2) is 48.7 Å². The number of carbonyl (C=O) groups excluding carboxylic acids is 1. The van der Waals surface area contributed by atoms with Gasteiger partial charge in [0, 0.05) is 19.6 Å². The van der Waals surface area contributed by atoms with Gasteiger partial charge in [-0.25, -0.2) is 4.98 Å². The fourth-order valence-corrected chi connectivity index (χ4v) is 2.49. The average molecular weight is 311 g/mol. The number of carbonyl (C=O) groups is 1. The third-order valence-electron chi connectivity index (χ3n) is 3.63. The van der Waals surface area contributed by atoms with E-state index in [1.807, 2.05) is 36.4 Å². The number of nitrogens with zero attached hydrogens (tertiary/aromatic N) is 2. The predicted molar refractivity (Wildman–Crippen MR) is 94.6 cm³/mol. The van der Waals surface area contributed by atoms with Crippen molar-refractivity contribution in [2.45, 2.75) is 33.2 Å². The van der Waals surface area contributed by atoms with Gasteiger partial charge in [0.25, 0.3) is 5.91 Å². The summed E-state index contributed by atoms with van der Waals surface area (Å²) in [7, 11) is 0. The summed E-state index contributed by atoms with van der Waals surface area (Å²) in [6.45, 7) is 6.87. The normalized spacial score (nSPS) is 10.3. The van der Waals surface area contributed by atoms with E-state index in [1.54, 1.807) is 12.3 Å². The van der Waals surface area contributed by atoms with Crippen molar-refractivity contribution < 1.29 is 4.79 Å². The summed E-state index contributed by atoms with van der Waals surface area (Å²) >= 11 is 0. The van der Waals surface area contributed by atoms with Gasteiger partial charge in [-0.2, -0.15) is 0 Å². The number of benzene rings is 1. The van der Waals surface area contributed by atoms with Crippen LogP contribution in [0.1, 0.15) is 42.7 Å². The second-order valence-corrected chi connectivity index (χ2v) is 5.56. The zero-order valence-corrected chi connectivity index (χ0v) is 14.0. The Bertz CT molecular complexity index is 590. The van der Waals surface area contributed by atoms with Crippen LogP contribution in [0.5, 0.6) is 0 Å². The lowest BCUT2D eigenvalue weighted by Gasteiger charge is -2.23. The largest absolute Gasteiger partial charge is 0.370 e. The Morgan fingerprint density at radius 2 is 1.74 bits per heavy atom. The van der Waals surface area contributed by atoms with Crippen molar-refractivity contribution in [2.24, 2.45) is 0 Å². The minimum Gasteiger partial charge on any atom is -0.370 e. The summed E-state index contributed by atoms with van der Waals surface area (Å²) < 4.78 is 0. The SMILES string of the molecule is CCCN(CCC)c1ccc(C(=O)NCc2ccccc2)nc1. The highest BCUT2D eigenvalue weighted by Gasteiger charge is 2.09. The van der Waals surface area contributed by atoms with Gasteiger partial charge in [-0.15, -0.1) is 0 Å². The molecule has 0 aliphatic heterocycles. The topological polar surface area (TPSA) is 45.2 Å². The molecule has 4 nitrogen and oxygen atoms in total. The summed E-state index contributed by atoms with van der Waals surface area (Å²) in [6.07, 6.45) is 3.99. The van der Waals surface area contributed by atoms with E-state index in [2.05, 4.69) is 29.0 Å². The monoisotopic (exact) mass is 311 g/mol. The summed E-state index contributed by atoms with van der Waals surface area (Å²) in [5.74, 6) is -0.141. The first kappa shape index (κ1) is 17.0. The Kier molecular flexibility index (Phi) is 6.60. The molecule has 4 heteroatoms. The first-order valence-electron chi connectivity index (χ1n) is 8.27. The smallest absolute Gasteiger partial charge is 0.270 e. The first-order valence-corrected chi connectivity index (χ1v) is 8.27. The van der Waals surface area contributed by atoms with Crippen LogP contribution < -0.4 is 10.2 Å². The first-order chi connectivity index (χ1) is 11.2. The van der Waals surface area contributed by atoms with Crippen LogP contribution in [-0.4, -0.2) is 24.0 Å². The predicted octanol–water partition coefficient (Wildman–Crippen LogP) is 3.64. The maximum atomic E-state index is 12.2. The van der Waals surface area contributed by atoms with Crippen molar-refractivity contribution in [3.05, 3.63) is 59.9 Å². The lowest BCUT2D eigenvalue weighted by atomic mass is 10.2. The number of hydrogen-bond acceptors (Lipinski definition) is 3. The maximum Gasteiger partial charge on any atom is 0.270 e. The molecule has 0 atom stereocenters. The average Bonchev–Trinajstić information content (AvgIpc) is 2.60. The van der Waals surface area contributed by atoms with Crippen LogP contribution in [0.4, 0.5) is 5.69 Å². The van der Waals surface area contributed by atoms with Crippen LogP contribution in [-0.2, 0) is 6.54 Å². The molecule has 1 aromatic heterocycles. The molecule has 0 unspecified atom stereocenters. The van der Waals surface area contributed by atoms with Crippen molar-refractivity contribution in [1.82, 2.24) is 10.3 Å². The second kappa shape index (κ2) is 8.93. The second-order valence-electron chi connectivity index (χ2n) is 5.56.